The highest BCUT2D eigenvalue weighted by atomic mass is 16.2. The Balaban J connectivity index is 0.000000120. The Morgan fingerprint density at radius 2 is 0.620 bits per heavy atom. The van der Waals surface area contributed by atoms with Crippen molar-refractivity contribution in [2.45, 2.75) is 12.8 Å². The minimum atomic E-state index is -0.506. The molecule has 0 saturated heterocycles. The molecule has 0 radical (unpaired) electrons. The third-order valence-corrected chi connectivity index (χ3v) is 11.1. The van der Waals surface area contributed by atoms with Crippen molar-refractivity contribution in [2.75, 3.05) is 0 Å². The number of ketones is 2. The molecule has 0 N–H and O–H groups in total. The number of Topliss-reactive ketones (excluding diaryl/α,β-unsaturated/α-hetero) is 2. The van der Waals surface area contributed by atoms with Crippen molar-refractivity contribution in [3.8, 4) is 0 Å². The normalized spacial score (nSPS) is 13.8. The Morgan fingerprint density at radius 3 is 1.04 bits per heavy atom. The second-order valence-corrected chi connectivity index (χ2v) is 13.5. The Hall–Kier alpha value is -6.66. The minimum Gasteiger partial charge on any atom is -0.294 e. The molecule has 12 rings (SSSR count). The van der Waals surface area contributed by atoms with Gasteiger partial charge in [-0.2, -0.15) is 0 Å². The molecule has 0 aliphatic heterocycles. The van der Waals surface area contributed by atoms with Crippen LogP contribution in [-0.2, 0) is 12.8 Å². The van der Waals surface area contributed by atoms with E-state index in [-0.39, 0.29) is 11.6 Å². The first-order valence-corrected chi connectivity index (χ1v) is 16.4. The van der Waals surface area contributed by atoms with Crippen molar-refractivity contribution >= 4 is 97.7 Å². The zero-order chi connectivity index (χ0) is 33.7. The predicted octanol–water partition coefficient (Wildman–Crippen LogP) is 7.27. The van der Waals surface area contributed by atoms with E-state index in [2.05, 4.69) is 24.3 Å². The Labute approximate surface area is 279 Å². The van der Waals surface area contributed by atoms with Crippen LogP contribution in [0.25, 0.3) is 86.2 Å². The largest absolute Gasteiger partial charge is 0.294 e. The molecule has 2 aliphatic carbocycles. The van der Waals surface area contributed by atoms with Crippen LogP contribution in [-0.4, -0.2) is 11.6 Å². The summed E-state index contributed by atoms with van der Waals surface area (Å²) in [6, 6.07) is 30.2. The van der Waals surface area contributed by atoms with Crippen molar-refractivity contribution in [1.82, 2.24) is 0 Å². The summed E-state index contributed by atoms with van der Waals surface area (Å²) in [6.45, 7) is 0. The third-order valence-electron chi connectivity index (χ3n) is 11.1. The summed E-state index contributed by atoms with van der Waals surface area (Å²) in [5.74, 6) is 0.414. The zero-order valence-corrected chi connectivity index (χ0v) is 26.1. The third kappa shape index (κ3) is 3.18. The molecule has 0 saturated carbocycles. The van der Waals surface area contributed by atoms with Crippen LogP contribution in [0, 0.1) is 0 Å². The highest BCUT2D eigenvalue weighted by Crippen LogP contribution is 2.43. The highest BCUT2D eigenvalue weighted by molar-refractivity contribution is 6.31. The lowest BCUT2D eigenvalue weighted by molar-refractivity contribution is 0.0991. The molecule has 10 aromatic carbocycles. The highest BCUT2D eigenvalue weighted by Gasteiger charge is 2.27. The van der Waals surface area contributed by atoms with Gasteiger partial charge >= 0.3 is 0 Å². The van der Waals surface area contributed by atoms with Crippen molar-refractivity contribution < 1.29 is 9.59 Å². The number of hydrogen-bond donors (Lipinski definition) is 0. The molecule has 50 heavy (non-hydrogen) atoms. The molecule has 6 nitrogen and oxygen atoms in total. The van der Waals surface area contributed by atoms with E-state index < -0.39 is 21.7 Å². The summed E-state index contributed by atoms with van der Waals surface area (Å²) >= 11 is 0. The maximum atomic E-state index is 12.4. The van der Waals surface area contributed by atoms with E-state index in [0.29, 0.717) is 45.2 Å². The molecule has 0 spiro atoms. The SMILES string of the molecule is O=C1Cc2cc3c4cccc5c4c(cc3c3cccc1c23)CC5=O.O=c1c(=O)c2cc3c(cc4c(=O)c(=O)c5cccc3c54)c3cccc1c23. The number of rotatable bonds is 0. The number of benzene rings is 8. The Kier molecular flexibility index (Phi) is 4.95. The van der Waals surface area contributed by atoms with Gasteiger partial charge in [-0.1, -0.05) is 72.8 Å². The Morgan fingerprint density at radius 1 is 0.300 bits per heavy atom. The summed E-state index contributed by atoms with van der Waals surface area (Å²) in [6.07, 6.45) is 0.960. The summed E-state index contributed by atoms with van der Waals surface area (Å²) < 4.78 is 0. The number of carbonyl (C=O) groups is 2. The fourth-order valence-corrected chi connectivity index (χ4v) is 9.01. The number of hydrogen-bond acceptors (Lipinski definition) is 6. The van der Waals surface area contributed by atoms with Gasteiger partial charge < -0.3 is 0 Å². The first-order valence-electron chi connectivity index (χ1n) is 16.4. The van der Waals surface area contributed by atoms with Gasteiger partial charge in [0.15, 0.2) is 11.6 Å². The van der Waals surface area contributed by atoms with E-state index in [1.54, 1.807) is 36.4 Å². The van der Waals surface area contributed by atoms with Gasteiger partial charge in [0.1, 0.15) is 0 Å². The lowest BCUT2D eigenvalue weighted by Gasteiger charge is -2.11. The molecular formula is C44H20O6. The molecule has 0 amide bonds. The molecule has 10 aromatic rings. The van der Waals surface area contributed by atoms with Crippen LogP contribution in [0.15, 0.2) is 116 Å². The van der Waals surface area contributed by atoms with Gasteiger partial charge in [0.2, 0.25) is 21.7 Å². The molecule has 0 unspecified atom stereocenters. The fraction of sp³-hybridized carbons (Fsp3) is 0.0455. The van der Waals surface area contributed by atoms with Crippen molar-refractivity contribution in [1.29, 1.82) is 0 Å². The van der Waals surface area contributed by atoms with Crippen LogP contribution in [0.5, 0.6) is 0 Å². The Bertz CT molecular complexity index is 3260. The van der Waals surface area contributed by atoms with Gasteiger partial charge in [-0.25, -0.2) is 0 Å². The fourth-order valence-electron chi connectivity index (χ4n) is 9.01. The quantitative estimate of drug-likeness (QED) is 0.127. The molecule has 0 aromatic heterocycles. The standard InChI is InChI=1S/C22H8O4.C22H12O2/c23-19-11-5-1-3-9-13-7-16-18-10(4-2-6-12(18)20(24)22(16)26)14(13)8-15(17(9)11)21(19)25;23-19-9-11-8-18-14-4-2-6-16-20(24)10-12(22(14)16)7-17(18)13-3-1-5-15(19)21(11)13/h1-8H;1-8H,9-10H2. The molecule has 0 bridgehead atoms. The van der Waals surface area contributed by atoms with Gasteiger partial charge in [-0.15, -0.1) is 0 Å². The summed E-state index contributed by atoms with van der Waals surface area (Å²) in [5, 5.41) is 12.7. The summed E-state index contributed by atoms with van der Waals surface area (Å²) in [5.41, 5.74) is 1.90. The van der Waals surface area contributed by atoms with Gasteiger partial charge in [-0.3, -0.25) is 28.8 Å². The molecule has 0 atom stereocenters. The second kappa shape index (κ2) is 9.07. The molecule has 232 valence electrons. The van der Waals surface area contributed by atoms with Gasteiger partial charge in [-0.05, 0) is 89.3 Å². The van der Waals surface area contributed by atoms with Crippen LogP contribution in [0.4, 0.5) is 0 Å². The summed E-state index contributed by atoms with van der Waals surface area (Å²) in [4.78, 5) is 74.1. The average Bonchev–Trinajstić information content (AvgIpc) is 3.80. The van der Waals surface area contributed by atoms with Crippen molar-refractivity contribution in [3.05, 3.63) is 160 Å². The van der Waals surface area contributed by atoms with Crippen LogP contribution in [0.1, 0.15) is 31.8 Å². The maximum Gasteiger partial charge on any atom is 0.234 e. The second-order valence-electron chi connectivity index (χ2n) is 13.5. The monoisotopic (exact) mass is 644 g/mol. The lowest BCUT2D eigenvalue weighted by atomic mass is 9.92. The van der Waals surface area contributed by atoms with Crippen molar-refractivity contribution in [2.24, 2.45) is 0 Å². The zero-order valence-electron chi connectivity index (χ0n) is 26.1. The lowest BCUT2D eigenvalue weighted by Crippen LogP contribution is -2.16. The smallest absolute Gasteiger partial charge is 0.234 e. The van der Waals surface area contributed by atoms with Gasteiger partial charge in [0.25, 0.3) is 0 Å². The van der Waals surface area contributed by atoms with E-state index in [0.717, 1.165) is 76.1 Å². The predicted molar refractivity (Wildman–Crippen MR) is 199 cm³/mol. The van der Waals surface area contributed by atoms with Gasteiger partial charge in [0.05, 0.1) is 0 Å². The van der Waals surface area contributed by atoms with E-state index in [1.807, 2.05) is 36.4 Å². The first-order chi connectivity index (χ1) is 24.3. The number of carbonyl (C=O) groups excluding carboxylic acids is 2. The molecule has 0 heterocycles. The maximum absolute atomic E-state index is 12.4. The van der Waals surface area contributed by atoms with Crippen LogP contribution < -0.4 is 21.7 Å². The average molecular weight is 645 g/mol. The van der Waals surface area contributed by atoms with Crippen molar-refractivity contribution in [3.63, 3.8) is 0 Å². The van der Waals surface area contributed by atoms with E-state index >= 15 is 0 Å². The molecule has 6 heteroatoms. The van der Waals surface area contributed by atoms with Crippen LogP contribution >= 0.6 is 0 Å². The van der Waals surface area contributed by atoms with E-state index in [4.69, 9.17) is 0 Å². The van der Waals surface area contributed by atoms with Gasteiger partial charge in [0, 0.05) is 56.3 Å². The summed E-state index contributed by atoms with van der Waals surface area (Å²) in [7, 11) is 0. The molecular weight excluding hydrogens is 624 g/mol. The van der Waals surface area contributed by atoms with Crippen LogP contribution in [0.2, 0.25) is 0 Å². The van der Waals surface area contributed by atoms with E-state index in [9.17, 15) is 28.8 Å². The molecule has 2 aliphatic rings. The number of fused-ring (bicyclic) bond motifs is 6. The molecule has 0 fully saturated rings. The first kappa shape index (κ1) is 27.3. The minimum absolute atomic E-state index is 0.207. The topological polar surface area (TPSA) is 102 Å². The van der Waals surface area contributed by atoms with E-state index in [1.165, 1.54) is 0 Å². The van der Waals surface area contributed by atoms with Crippen LogP contribution in [0.3, 0.4) is 0 Å².